The second-order valence-electron chi connectivity index (χ2n) is 6.24. The molecule has 6 heteroatoms. The minimum Gasteiger partial charge on any atom is -0.492 e. The molecule has 0 bridgehead atoms. The third-order valence-corrected chi connectivity index (χ3v) is 4.54. The summed E-state index contributed by atoms with van der Waals surface area (Å²) in [6, 6.07) is 12.7. The first-order chi connectivity index (χ1) is 12.5. The number of nitrogens with zero attached hydrogens (tertiary/aromatic N) is 1. The van der Waals surface area contributed by atoms with Crippen molar-refractivity contribution in [3.05, 3.63) is 58.6 Å². The molecule has 0 atom stereocenters. The average Bonchev–Trinajstić information content (AvgIpc) is 3.05. The molecule has 1 aliphatic heterocycles. The Bertz CT molecular complexity index is 822. The molecule has 5 nitrogen and oxygen atoms in total. The predicted octanol–water partition coefficient (Wildman–Crippen LogP) is 3.58. The van der Waals surface area contributed by atoms with E-state index in [1.165, 1.54) is 0 Å². The topological polar surface area (TPSA) is 58.6 Å². The van der Waals surface area contributed by atoms with Crippen molar-refractivity contribution in [2.24, 2.45) is 0 Å². The maximum Gasteiger partial charge on any atom is 0.251 e. The summed E-state index contributed by atoms with van der Waals surface area (Å²) in [4.78, 5) is 25.9. The predicted molar refractivity (Wildman–Crippen MR) is 102 cm³/mol. The third-order valence-electron chi connectivity index (χ3n) is 4.22. The van der Waals surface area contributed by atoms with Crippen LogP contribution in [0, 0.1) is 6.92 Å². The molecule has 2 amide bonds. The lowest BCUT2D eigenvalue weighted by Crippen LogP contribution is -2.29. The number of ether oxygens (including phenoxy) is 1. The first kappa shape index (κ1) is 18.3. The van der Waals surface area contributed by atoms with E-state index >= 15 is 0 Å². The number of nitrogens with one attached hydrogen (secondary N) is 1. The second-order valence-corrected chi connectivity index (χ2v) is 6.64. The molecule has 0 saturated carbocycles. The SMILES string of the molecule is Cc1cccc(OCCNC(=O)c2ccc(Cl)c(N3CCCC3=O)c2)c1. The largest absolute Gasteiger partial charge is 0.492 e. The van der Waals surface area contributed by atoms with Crippen LogP contribution >= 0.6 is 11.6 Å². The molecular formula is C20H21ClN2O3. The number of hydrogen-bond acceptors (Lipinski definition) is 3. The Hall–Kier alpha value is -2.53. The highest BCUT2D eigenvalue weighted by atomic mass is 35.5. The lowest BCUT2D eigenvalue weighted by molar-refractivity contribution is -0.117. The molecule has 2 aromatic carbocycles. The molecule has 136 valence electrons. The zero-order valence-corrected chi connectivity index (χ0v) is 15.4. The van der Waals surface area contributed by atoms with E-state index in [-0.39, 0.29) is 11.8 Å². The minimum atomic E-state index is -0.220. The molecule has 1 aliphatic rings. The normalized spacial score (nSPS) is 13.8. The second kappa shape index (κ2) is 8.23. The molecule has 1 N–H and O–H groups in total. The Kier molecular flexibility index (Phi) is 5.78. The molecule has 1 heterocycles. The van der Waals surface area contributed by atoms with Crippen LogP contribution in [0.25, 0.3) is 0 Å². The molecule has 0 radical (unpaired) electrons. The summed E-state index contributed by atoms with van der Waals surface area (Å²) in [5.41, 5.74) is 2.19. The van der Waals surface area contributed by atoms with Gasteiger partial charge in [0.1, 0.15) is 12.4 Å². The van der Waals surface area contributed by atoms with Gasteiger partial charge in [0.05, 0.1) is 17.3 Å². The molecule has 0 spiro atoms. The minimum absolute atomic E-state index is 0.0380. The summed E-state index contributed by atoms with van der Waals surface area (Å²) in [5.74, 6) is 0.596. The number of anilines is 1. The van der Waals surface area contributed by atoms with E-state index in [9.17, 15) is 9.59 Å². The molecule has 2 aromatic rings. The van der Waals surface area contributed by atoms with Gasteiger partial charge in [-0.1, -0.05) is 23.7 Å². The fourth-order valence-electron chi connectivity index (χ4n) is 2.90. The van der Waals surface area contributed by atoms with Gasteiger partial charge in [0.25, 0.3) is 5.91 Å². The zero-order valence-electron chi connectivity index (χ0n) is 14.6. The van der Waals surface area contributed by atoms with Gasteiger partial charge in [-0.2, -0.15) is 0 Å². The zero-order chi connectivity index (χ0) is 18.5. The van der Waals surface area contributed by atoms with Crippen molar-refractivity contribution in [1.29, 1.82) is 0 Å². The van der Waals surface area contributed by atoms with Gasteiger partial charge in [-0.25, -0.2) is 0 Å². The Morgan fingerprint density at radius 3 is 2.85 bits per heavy atom. The number of benzene rings is 2. The van der Waals surface area contributed by atoms with Gasteiger partial charge >= 0.3 is 0 Å². The van der Waals surface area contributed by atoms with E-state index in [4.69, 9.17) is 16.3 Å². The maximum absolute atomic E-state index is 12.4. The summed E-state index contributed by atoms with van der Waals surface area (Å²) in [5, 5.41) is 3.29. The first-order valence-electron chi connectivity index (χ1n) is 8.62. The fraction of sp³-hybridized carbons (Fsp3) is 0.300. The van der Waals surface area contributed by atoms with E-state index in [1.54, 1.807) is 23.1 Å². The van der Waals surface area contributed by atoms with E-state index in [2.05, 4.69) is 5.32 Å². The van der Waals surface area contributed by atoms with Gasteiger partial charge in [-0.05, 0) is 49.2 Å². The summed E-state index contributed by atoms with van der Waals surface area (Å²) in [6.45, 7) is 3.39. The Balaban J connectivity index is 1.57. The molecule has 1 fully saturated rings. The molecule has 26 heavy (non-hydrogen) atoms. The van der Waals surface area contributed by atoms with Crippen LogP contribution in [0.2, 0.25) is 5.02 Å². The van der Waals surface area contributed by atoms with Crippen molar-refractivity contribution in [2.75, 3.05) is 24.6 Å². The lowest BCUT2D eigenvalue weighted by atomic mass is 10.1. The number of carbonyl (C=O) groups excluding carboxylic acids is 2. The van der Waals surface area contributed by atoms with Crippen LogP contribution in [0.15, 0.2) is 42.5 Å². The van der Waals surface area contributed by atoms with Crippen LogP contribution in [0.4, 0.5) is 5.69 Å². The van der Waals surface area contributed by atoms with Crippen molar-refractivity contribution in [3.8, 4) is 5.75 Å². The maximum atomic E-state index is 12.4. The molecule has 0 aromatic heterocycles. The summed E-state index contributed by atoms with van der Waals surface area (Å²) in [6.07, 6.45) is 1.32. The Morgan fingerprint density at radius 1 is 1.27 bits per heavy atom. The van der Waals surface area contributed by atoms with E-state index in [1.807, 2.05) is 31.2 Å². The summed E-state index contributed by atoms with van der Waals surface area (Å²) >= 11 is 6.21. The molecule has 0 aliphatic carbocycles. The first-order valence-corrected chi connectivity index (χ1v) is 9.00. The van der Waals surface area contributed by atoms with E-state index in [0.29, 0.717) is 42.4 Å². The third kappa shape index (κ3) is 4.35. The highest BCUT2D eigenvalue weighted by molar-refractivity contribution is 6.34. The van der Waals surface area contributed by atoms with Crippen molar-refractivity contribution in [3.63, 3.8) is 0 Å². The van der Waals surface area contributed by atoms with Crippen LogP contribution in [0.1, 0.15) is 28.8 Å². The van der Waals surface area contributed by atoms with Gasteiger partial charge in [0.2, 0.25) is 5.91 Å². The van der Waals surface area contributed by atoms with E-state index < -0.39 is 0 Å². The highest BCUT2D eigenvalue weighted by Crippen LogP contribution is 2.30. The molecule has 1 saturated heterocycles. The molecule has 3 rings (SSSR count). The van der Waals surface area contributed by atoms with E-state index in [0.717, 1.165) is 17.7 Å². The van der Waals surface area contributed by atoms with Gasteiger partial charge in [0, 0.05) is 18.5 Å². The molecular weight excluding hydrogens is 352 g/mol. The van der Waals surface area contributed by atoms with Crippen LogP contribution < -0.4 is 15.0 Å². The van der Waals surface area contributed by atoms with Crippen molar-refractivity contribution < 1.29 is 14.3 Å². The van der Waals surface area contributed by atoms with Crippen LogP contribution in [0.3, 0.4) is 0 Å². The highest BCUT2D eigenvalue weighted by Gasteiger charge is 2.24. The van der Waals surface area contributed by atoms with Gasteiger partial charge in [-0.15, -0.1) is 0 Å². The molecule has 0 unspecified atom stereocenters. The number of rotatable bonds is 6. The number of amides is 2. The average molecular weight is 373 g/mol. The number of carbonyl (C=O) groups is 2. The Labute approximate surface area is 157 Å². The van der Waals surface area contributed by atoms with Crippen LogP contribution in [-0.4, -0.2) is 31.5 Å². The number of hydrogen-bond donors (Lipinski definition) is 1. The lowest BCUT2D eigenvalue weighted by Gasteiger charge is -2.18. The smallest absolute Gasteiger partial charge is 0.251 e. The summed E-state index contributed by atoms with van der Waals surface area (Å²) in [7, 11) is 0. The van der Waals surface area contributed by atoms with Gasteiger partial charge < -0.3 is 15.0 Å². The van der Waals surface area contributed by atoms with Crippen molar-refractivity contribution in [2.45, 2.75) is 19.8 Å². The Morgan fingerprint density at radius 2 is 2.12 bits per heavy atom. The quantitative estimate of drug-likeness (QED) is 0.788. The van der Waals surface area contributed by atoms with Crippen LogP contribution in [0.5, 0.6) is 5.75 Å². The summed E-state index contributed by atoms with van der Waals surface area (Å²) < 4.78 is 5.62. The van der Waals surface area contributed by atoms with Gasteiger partial charge in [0.15, 0.2) is 0 Å². The number of aryl methyl sites for hydroxylation is 1. The number of halogens is 1. The fourth-order valence-corrected chi connectivity index (χ4v) is 3.12. The van der Waals surface area contributed by atoms with Crippen molar-refractivity contribution >= 4 is 29.1 Å². The van der Waals surface area contributed by atoms with Gasteiger partial charge in [-0.3, -0.25) is 9.59 Å². The van der Waals surface area contributed by atoms with Crippen LogP contribution in [-0.2, 0) is 4.79 Å². The standard InChI is InChI=1S/C20H21ClN2O3/c1-14-4-2-5-16(12-14)26-11-9-22-20(25)15-7-8-17(21)18(13-15)23-10-3-6-19(23)24/h2,4-5,7-8,12-13H,3,6,9-11H2,1H3,(H,22,25). The monoisotopic (exact) mass is 372 g/mol. The van der Waals surface area contributed by atoms with Crippen molar-refractivity contribution in [1.82, 2.24) is 5.32 Å².